The van der Waals surface area contributed by atoms with Gasteiger partial charge in [0.25, 0.3) is 0 Å². The standard InChI is InChI=1S/C25H31ClF3N5OS/c26-19-5-10-23(30-17-19)33-15-13-32(14-16-33)11-2-4-24(35)34-12-1-3-21(18-34)31-20-6-8-22(9-7-20)36-25(27,28)29/h5-10,17,21,31H,1-4,11-16,18H2/t21-/m0/s1. The van der Waals surface area contributed by atoms with Gasteiger partial charge in [0.2, 0.25) is 5.91 Å². The molecule has 11 heteroatoms. The van der Waals surface area contributed by atoms with Crippen molar-refractivity contribution < 1.29 is 18.0 Å². The van der Waals surface area contributed by atoms with Crippen molar-refractivity contribution in [2.75, 3.05) is 56.0 Å². The maximum absolute atomic E-state index is 12.8. The molecular weight excluding hydrogens is 511 g/mol. The molecule has 2 aliphatic rings. The summed E-state index contributed by atoms with van der Waals surface area (Å²) < 4.78 is 37.6. The number of carbonyl (C=O) groups excluding carboxylic acids is 1. The van der Waals surface area contributed by atoms with Crippen LogP contribution >= 0.6 is 23.4 Å². The van der Waals surface area contributed by atoms with Gasteiger partial charge < -0.3 is 15.1 Å². The van der Waals surface area contributed by atoms with E-state index in [2.05, 4.69) is 20.1 Å². The number of likely N-dealkylation sites (tertiary alicyclic amines) is 1. The van der Waals surface area contributed by atoms with Crippen molar-refractivity contribution in [1.29, 1.82) is 0 Å². The van der Waals surface area contributed by atoms with Crippen LogP contribution in [0.15, 0.2) is 47.5 Å². The van der Waals surface area contributed by atoms with Gasteiger partial charge in [0.1, 0.15) is 5.82 Å². The van der Waals surface area contributed by atoms with Gasteiger partial charge in [-0.1, -0.05) is 11.6 Å². The van der Waals surface area contributed by atoms with Crippen molar-refractivity contribution in [1.82, 2.24) is 14.8 Å². The van der Waals surface area contributed by atoms with E-state index < -0.39 is 5.51 Å². The smallest absolute Gasteiger partial charge is 0.381 e. The molecule has 4 rings (SSSR count). The molecular formula is C25H31ClF3N5OS. The molecule has 0 aliphatic carbocycles. The van der Waals surface area contributed by atoms with Crippen molar-refractivity contribution in [2.45, 2.75) is 42.1 Å². The van der Waals surface area contributed by atoms with Gasteiger partial charge in [-0.25, -0.2) is 4.98 Å². The highest BCUT2D eigenvalue weighted by Gasteiger charge is 2.29. The minimum Gasteiger partial charge on any atom is -0.381 e. The number of piperidine rings is 1. The lowest BCUT2D eigenvalue weighted by Gasteiger charge is -2.36. The summed E-state index contributed by atoms with van der Waals surface area (Å²) in [5.74, 6) is 1.11. The fraction of sp³-hybridized carbons (Fsp3) is 0.520. The Morgan fingerprint density at radius 3 is 2.50 bits per heavy atom. The van der Waals surface area contributed by atoms with E-state index >= 15 is 0 Å². The number of anilines is 2. The van der Waals surface area contributed by atoms with Crippen LogP contribution in [0.5, 0.6) is 0 Å². The summed E-state index contributed by atoms with van der Waals surface area (Å²) in [6, 6.07) is 10.2. The average Bonchev–Trinajstić information content (AvgIpc) is 2.85. The number of alkyl halides is 3. The van der Waals surface area contributed by atoms with E-state index in [9.17, 15) is 18.0 Å². The van der Waals surface area contributed by atoms with Gasteiger partial charge in [0.15, 0.2) is 0 Å². The lowest BCUT2D eigenvalue weighted by atomic mass is 10.0. The lowest BCUT2D eigenvalue weighted by molar-refractivity contribution is -0.132. The number of benzene rings is 1. The zero-order valence-electron chi connectivity index (χ0n) is 20.0. The van der Waals surface area contributed by atoms with Crippen LogP contribution in [0.25, 0.3) is 0 Å². The minimum atomic E-state index is -4.29. The number of nitrogens with zero attached hydrogens (tertiary/aromatic N) is 4. The second kappa shape index (κ2) is 12.4. The molecule has 2 saturated heterocycles. The summed E-state index contributed by atoms with van der Waals surface area (Å²) >= 11 is 5.81. The number of carbonyl (C=O) groups is 1. The second-order valence-corrected chi connectivity index (χ2v) is 10.7. The molecule has 0 radical (unpaired) electrons. The van der Waals surface area contributed by atoms with Crippen molar-refractivity contribution in [3.8, 4) is 0 Å². The average molecular weight is 542 g/mol. The van der Waals surface area contributed by atoms with E-state index in [-0.39, 0.29) is 28.6 Å². The van der Waals surface area contributed by atoms with Crippen LogP contribution in [-0.4, -0.2) is 78.1 Å². The maximum Gasteiger partial charge on any atom is 0.446 e. The van der Waals surface area contributed by atoms with Gasteiger partial charge in [0, 0.05) is 68.5 Å². The summed E-state index contributed by atoms with van der Waals surface area (Å²) in [5.41, 5.74) is -3.52. The second-order valence-electron chi connectivity index (χ2n) is 9.16. The van der Waals surface area contributed by atoms with Crippen molar-refractivity contribution in [2.24, 2.45) is 0 Å². The summed E-state index contributed by atoms with van der Waals surface area (Å²) in [6.45, 7) is 5.94. The highest BCUT2D eigenvalue weighted by molar-refractivity contribution is 8.00. The predicted octanol–water partition coefficient (Wildman–Crippen LogP) is 5.35. The van der Waals surface area contributed by atoms with Gasteiger partial charge in [-0.2, -0.15) is 13.2 Å². The number of pyridine rings is 1. The zero-order chi connectivity index (χ0) is 25.5. The van der Waals surface area contributed by atoms with Gasteiger partial charge >= 0.3 is 5.51 Å². The molecule has 196 valence electrons. The summed E-state index contributed by atoms with van der Waals surface area (Å²) in [5, 5.41) is 4.01. The SMILES string of the molecule is O=C(CCCN1CCN(c2ccc(Cl)cn2)CC1)N1CCC[C@H](Nc2ccc(SC(F)(F)F)cc2)C1. The van der Waals surface area contributed by atoms with E-state index in [1.807, 2.05) is 17.0 Å². The summed E-state index contributed by atoms with van der Waals surface area (Å²) in [6.07, 6.45) is 4.85. The van der Waals surface area contributed by atoms with Crippen LogP contribution in [-0.2, 0) is 4.79 Å². The molecule has 3 heterocycles. The number of piperazine rings is 1. The topological polar surface area (TPSA) is 51.7 Å². The highest BCUT2D eigenvalue weighted by Crippen LogP contribution is 2.37. The number of hydrogen-bond donors (Lipinski definition) is 1. The van der Waals surface area contributed by atoms with Crippen LogP contribution in [0.2, 0.25) is 5.02 Å². The molecule has 0 bridgehead atoms. The van der Waals surface area contributed by atoms with E-state index in [0.29, 0.717) is 18.0 Å². The molecule has 2 aromatic rings. The van der Waals surface area contributed by atoms with Crippen LogP contribution in [0.3, 0.4) is 0 Å². The number of thioether (sulfide) groups is 1. The Bertz CT molecular complexity index is 985. The van der Waals surface area contributed by atoms with E-state index in [1.165, 1.54) is 12.1 Å². The Kier molecular flexibility index (Phi) is 9.25. The number of hydrogen-bond acceptors (Lipinski definition) is 6. The number of aromatic nitrogens is 1. The first-order valence-electron chi connectivity index (χ1n) is 12.2. The van der Waals surface area contributed by atoms with Gasteiger partial charge in [0.05, 0.1) is 5.02 Å². The summed E-state index contributed by atoms with van der Waals surface area (Å²) in [7, 11) is 0. The molecule has 1 atom stereocenters. The third kappa shape index (κ3) is 8.18. The van der Waals surface area contributed by atoms with E-state index in [1.54, 1.807) is 18.3 Å². The Morgan fingerprint density at radius 2 is 1.83 bits per heavy atom. The molecule has 1 aromatic heterocycles. The Hall–Kier alpha value is -2.17. The molecule has 1 N–H and O–H groups in total. The third-order valence-corrected chi connectivity index (χ3v) is 7.47. The molecule has 0 spiro atoms. The molecule has 1 amide bonds. The quantitative estimate of drug-likeness (QED) is 0.455. The first-order chi connectivity index (χ1) is 17.2. The Balaban J connectivity index is 1.16. The molecule has 6 nitrogen and oxygen atoms in total. The lowest BCUT2D eigenvalue weighted by Crippen LogP contribution is -2.47. The first kappa shape index (κ1) is 26.9. The molecule has 2 fully saturated rings. The molecule has 36 heavy (non-hydrogen) atoms. The Morgan fingerprint density at radius 1 is 1.08 bits per heavy atom. The molecule has 0 unspecified atom stereocenters. The molecule has 0 saturated carbocycles. The van der Waals surface area contributed by atoms with Crippen molar-refractivity contribution in [3.05, 3.63) is 47.6 Å². The highest BCUT2D eigenvalue weighted by atomic mass is 35.5. The zero-order valence-corrected chi connectivity index (χ0v) is 21.6. The van der Waals surface area contributed by atoms with Crippen molar-refractivity contribution >= 4 is 40.8 Å². The number of rotatable bonds is 8. The van der Waals surface area contributed by atoms with Crippen molar-refractivity contribution in [3.63, 3.8) is 0 Å². The maximum atomic E-state index is 12.8. The van der Waals surface area contributed by atoms with E-state index in [4.69, 9.17) is 11.6 Å². The third-order valence-electron chi connectivity index (χ3n) is 6.51. The van der Waals surface area contributed by atoms with E-state index in [0.717, 1.165) is 70.0 Å². The fourth-order valence-electron chi connectivity index (χ4n) is 4.68. The number of halogens is 4. The normalized spacial score (nSPS) is 19.4. The van der Waals surface area contributed by atoms with Crippen LogP contribution in [0.1, 0.15) is 25.7 Å². The fourth-order valence-corrected chi connectivity index (χ4v) is 5.33. The number of amides is 1. The molecule has 2 aliphatic heterocycles. The van der Waals surface area contributed by atoms with Crippen LogP contribution in [0.4, 0.5) is 24.7 Å². The summed E-state index contributed by atoms with van der Waals surface area (Å²) in [4.78, 5) is 23.9. The van der Waals surface area contributed by atoms with Gasteiger partial charge in [-0.15, -0.1) is 0 Å². The van der Waals surface area contributed by atoms with Gasteiger partial charge in [-0.05, 0) is 74.0 Å². The minimum absolute atomic E-state index is 0.0957. The molecule has 1 aromatic carbocycles. The predicted molar refractivity (Wildman–Crippen MR) is 139 cm³/mol. The number of nitrogens with one attached hydrogen (secondary N) is 1. The van der Waals surface area contributed by atoms with Gasteiger partial charge in [-0.3, -0.25) is 9.69 Å². The first-order valence-corrected chi connectivity index (χ1v) is 13.4. The largest absolute Gasteiger partial charge is 0.446 e. The van der Waals surface area contributed by atoms with Crippen LogP contribution < -0.4 is 10.2 Å². The van der Waals surface area contributed by atoms with Crippen LogP contribution in [0, 0.1) is 0 Å². The Labute approximate surface area is 219 Å². The monoisotopic (exact) mass is 541 g/mol.